The molecule has 0 bridgehead atoms. The predicted octanol–water partition coefficient (Wildman–Crippen LogP) is 5.67. The molecule has 0 N–H and O–H groups in total. The Balaban J connectivity index is 0.00000320. The molecule has 0 heterocycles. The van der Waals surface area contributed by atoms with E-state index in [0.29, 0.717) is 11.3 Å². The molecular formula is C22H19Cl2FNNaO3. The van der Waals surface area contributed by atoms with Crippen LogP contribution in [0.25, 0.3) is 0 Å². The van der Waals surface area contributed by atoms with Gasteiger partial charge < -0.3 is 9.47 Å². The zero-order valence-electron chi connectivity index (χ0n) is 15.7. The van der Waals surface area contributed by atoms with Gasteiger partial charge in [0.25, 0.3) is 0 Å². The zero-order chi connectivity index (χ0) is 21.2. The van der Waals surface area contributed by atoms with Crippen LogP contribution in [0.5, 0.6) is 11.5 Å². The molecule has 0 amide bonds. The molecule has 3 unspecified atom stereocenters. The molecular weight excluding hydrogens is 439 g/mol. The van der Waals surface area contributed by atoms with E-state index in [9.17, 15) is 14.4 Å². The molecule has 2 aromatic rings. The van der Waals surface area contributed by atoms with E-state index >= 15 is 0 Å². The Labute approximate surface area is 206 Å². The number of benzene rings is 2. The molecule has 1 aliphatic carbocycles. The van der Waals surface area contributed by atoms with Crippen molar-refractivity contribution in [2.75, 3.05) is 0 Å². The van der Waals surface area contributed by atoms with E-state index in [0.717, 1.165) is 0 Å². The van der Waals surface area contributed by atoms with Gasteiger partial charge in [-0.2, -0.15) is 5.26 Å². The van der Waals surface area contributed by atoms with Gasteiger partial charge in [0, 0.05) is 5.56 Å². The van der Waals surface area contributed by atoms with E-state index in [1.165, 1.54) is 18.2 Å². The van der Waals surface area contributed by atoms with Crippen LogP contribution in [0, 0.1) is 34.4 Å². The van der Waals surface area contributed by atoms with Crippen molar-refractivity contribution in [2.45, 2.75) is 20.0 Å². The molecule has 1 fully saturated rings. The second kappa shape index (κ2) is 10.2. The van der Waals surface area contributed by atoms with Gasteiger partial charge in [0.1, 0.15) is 16.3 Å². The van der Waals surface area contributed by atoms with E-state index in [-0.39, 0.29) is 51.1 Å². The summed E-state index contributed by atoms with van der Waals surface area (Å²) in [5.41, 5.74) is -0.0645. The summed E-state index contributed by atoms with van der Waals surface area (Å²) >= 11 is 11.4. The first-order valence-electron chi connectivity index (χ1n) is 8.89. The number of halogens is 3. The van der Waals surface area contributed by atoms with E-state index in [1.807, 2.05) is 26.0 Å². The third kappa shape index (κ3) is 5.57. The second-order valence-corrected chi connectivity index (χ2v) is 8.34. The molecule has 1 saturated carbocycles. The van der Waals surface area contributed by atoms with Gasteiger partial charge in [0.2, 0.25) is 6.10 Å². The quantitative estimate of drug-likeness (QED) is 0.414. The fourth-order valence-electron chi connectivity index (χ4n) is 3.31. The fourth-order valence-corrected chi connectivity index (χ4v) is 3.58. The van der Waals surface area contributed by atoms with Crippen molar-refractivity contribution in [1.82, 2.24) is 0 Å². The van der Waals surface area contributed by atoms with Gasteiger partial charge in [-0.05, 0) is 41.7 Å². The Hall–Kier alpha value is -1.55. The monoisotopic (exact) mass is 457 g/mol. The summed E-state index contributed by atoms with van der Waals surface area (Å²) in [5.74, 6) is -1.39. The Morgan fingerprint density at radius 2 is 1.90 bits per heavy atom. The number of esters is 1. The average Bonchev–Trinajstić information content (AvgIpc) is 3.21. The van der Waals surface area contributed by atoms with Gasteiger partial charge in [0.05, 0.1) is 5.92 Å². The molecule has 3 rings (SSSR count). The summed E-state index contributed by atoms with van der Waals surface area (Å²) < 4.78 is 25.2. The van der Waals surface area contributed by atoms with Crippen LogP contribution < -0.4 is 4.74 Å². The zero-order valence-corrected chi connectivity index (χ0v) is 17.2. The van der Waals surface area contributed by atoms with Crippen LogP contribution in [0.4, 0.5) is 4.39 Å². The normalized spacial score (nSPS) is 19.5. The van der Waals surface area contributed by atoms with Gasteiger partial charge in [-0.3, -0.25) is 4.79 Å². The average molecular weight is 458 g/mol. The van der Waals surface area contributed by atoms with Crippen LogP contribution >= 0.6 is 23.2 Å². The molecule has 0 aliphatic heterocycles. The first kappa shape index (κ1) is 24.7. The molecule has 4 nitrogen and oxygen atoms in total. The van der Waals surface area contributed by atoms with E-state index in [4.69, 9.17) is 32.7 Å². The molecule has 0 aromatic heterocycles. The number of carbonyl (C=O) groups excluding carboxylic acids is 1. The van der Waals surface area contributed by atoms with Crippen LogP contribution in [0.1, 0.15) is 25.5 Å². The van der Waals surface area contributed by atoms with Crippen molar-refractivity contribution in [3.05, 3.63) is 70.5 Å². The second-order valence-electron chi connectivity index (χ2n) is 7.33. The number of rotatable bonds is 6. The minimum absolute atomic E-state index is 0. The van der Waals surface area contributed by atoms with Crippen molar-refractivity contribution >= 4 is 58.7 Å². The van der Waals surface area contributed by atoms with Gasteiger partial charge >= 0.3 is 35.5 Å². The molecule has 8 heteroatoms. The predicted molar refractivity (Wildman–Crippen MR) is 115 cm³/mol. The van der Waals surface area contributed by atoms with Gasteiger partial charge in [-0.1, -0.05) is 61.3 Å². The van der Waals surface area contributed by atoms with Crippen molar-refractivity contribution in [2.24, 2.45) is 17.3 Å². The molecule has 0 saturated heterocycles. The summed E-state index contributed by atoms with van der Waals surface area (Å²) in [7, 11) is 0. The van der Waals surface area contributed by atoms with Crippen molar-refractivity contribution < 1.29 is 18.7 Å². The summed E-state index contributed by atoms with van der Waals surface area (Å²) in [6.07, 6.45) is 0.397. The van der Waals surface area contributed by atoms with E-state index in [1.54, 1.807) is 30.3 Å². The number of para-hydroxylation sites is 1. The van der Waals surface area contributed by atoms with E-state index in [2.05, 4.69) is 0 Å². The standard InChI is InChI=1S/C22H18Cl2FNO3.Na.H/c1-22(2)15(11-19(23)24)20(22)21(27)29-18(12-26)13-8-9-16(25)17(10-13)28-14-6-4-3-5-7-14;;/h3-11,15,18,20H,1-2H3;;. The number of carbonyl (C=O) groups is 1. The summed E-state index contributed by atoms with van der Waals surface area (Å²) in [6.45, 7) is 3.78. The topological polar surface area (TPSA) is 59.3 Å². The van der Waals surface area contributed by atoms with E-state index < -0.39 is 23.8 Å². The molecule has 152 valence electrons. The molecule has 2 aromatic carbocycles. The third-order valence-corrected chi connectivity index (χ3v) is 5.30. The molecule has 30 heavy (non-hydrogen) atoms. The van der Waals surface area contributed by atoms with Crippen LogP contribution in [0.3, 0.4) is 0 Å². The Kier molecular flexibility index (Phi) is 8.38. The molecule has 3 atom stereocenters. The molecule has 1 aliphatic rings. The number of allylic oxidation sites excluding steroid dienone is 1. The third-order valence-electron chi connectivity index (χ3n) is 5.05. The van der Waals surface area contributed by atoms with Gasteiger partial charge in [-0.25, -0.2) is 4.39 Å². The summed E-state index contributed by atoms with van der Waals surface area (Å²) in [4.78, 5) is 12.6. The number of hydrogen-bond acceptors (Lipinski definition) is 4. The Morgan fingerprint density at radius 3 is 2.50 bits per heavy atom. The number of nitriles is 1. The Morgan fingerprint density at radius 1 is 1.23 bits per heavy atom. The van der Waals surface area contributed by atoms with Crippen molar-refractivity contribution in [3.8, 4) is 17.6 Å². The number of nitrogens with zero attached hydrogens (tertiary/aromatic N) is 1. The van der Waals surface area contributed by atoms with Crippen molar-refractivity contribution in [1.29, 1.82) is 5.26 Å². The van der Waals surface area contributed by atoms with Crippen LogP contribution in [0.2, 0.25) is 0 Å². The maximum absolute atomic E-state index is 14.2. The number of hydrogen-bond donors (Lipinski definition) is 0. The first-order valence-corrected chi connectivity index (χ1v) is 9.65. The first-order chi connectivity index (χ1) is 13.7. The SMILES string of the molecule is CC1(C)C(C=C(Cl)Cl)C1C(=O)OC(C#N)c1ccc(F)c(Oc2ccccc2)c1.[NaH]. The van der Waals surface area contributed by atoms with Crippen LogP contribution in [0.15, 0.2) is 59.1 Å². The fraction of sp³-hybridized carbons (Fsp3) is 0.273. The maximum atomic E-state index is 14.2. The summed E-state index contributed by atoms with van der Waals surface area (Å²) in [6, 6.07) is 14.5. The number of ether oxygens (including phenoxy) is 2. The summed E-state index contributed by atoms with van der Waals surface area (Å²) in [5, 5.41) is 9.51. The van der Waals surface area contributed by atoms with Crippen molar-refractivity contribution in [3.63, 3.8) is 0 Å². The van der Waals surface area contributed by atoms with Gasteiger partial charge in [-0.15, -0.1) is 0 Å². The van der Waals surface area contributed by atoms with Crippen LogP contribution in [-0.4, -0.2) is 35.5 Å². The molecule has 0 radical (unpaired) electrons. The van der Waals surface area contributed by atoms with Crippen LogP contribution in [-0.2, 0) is 9.53 Å². The minimum atomic E-state index is -1.20. The Bertz CT molecular complexity index is 988. The molecule has 0 spiro atoms. The van der Waals surface area contributed by atoms with Gasteiger partial charge in [0.15, 0.2) is 11.6 Å².